The molecule has 2 aromatic carbocycles. The predicted molar refractivity (Wildman–Crippen MR) is 131 cm³/mol. The number of nitrogens with zero attached hydrogens (tertiary/aromatic N) is 1. The number of benzene rings is 2. The van der Waals surface area contributed by atoms with Crippen molar-refractivity contribution in [2.24, 2.45) is 5.92 Å². The summed E-state index contributed by atoms with van der Waals surface area (Å²) in [5.41, 5.74) is 1.52. The largest absolute Gasteiger partial charge is 0.619 e. The van der Waals surface area contributed by atoms with Crippen molar-refractivity contribution in [3.63, 3.8) is 0 Å². The summed E-state index contributed by atoms with van der Waals surface area (Å²) in [7, 11) is 0. The molecule has 0 radical (unpaired) electrons. The van der Waals surface area contributed by atoms with Crippen LogP contribution >= 0.6 is 58.0 Å². The van der Waals surface area contributed by atoms with Crippen LogP contribution in [0.3, 0.4) is 0 Å². The number of amides is 2. The third kappa shape index (κ3) is 5.15. The van der Waals surface area contributed by atoms with E-state index in [1.807, 2.05) is 0 Å². The summed E-state index contributed by atoms with van der Waals surface area (Å²) < 4.78 is -0.745. The van der Waals surface area contributed by atoms with Crippen molar-refractivity contribution in [3.8, 4) is 0 Å². The summed E-state index contributed by atoms with van der Waals surface area (Å²) in [5.74, 6) is -2.21. The minimum Gasteiger partial charge on any atom is -0.619 e. The van der Waals surface area contributed by atoms with E-state index in [0.29, 0.717) is 31.7 Å². The van der Waals surface area contributed by atoms with Gasteiger partial charge in [0.15, 0.2) is 12.4 Å². The molecule has 1 aromatic heterocycles. The van der Waals surface area contributed by atoms with E-state index in [4.69, 9.17) is 58.0 Å². The number of pyridine rings is 1. The maximum Gasteiger partial charge on any atom is 0.257 e. The van der Waals surface area contributed by atoms with Crippen LogP contribution in [0.4, 0.5) is 11.4 Å². The van der Waals surface area contributed by atoms with Crippen LogP contribution in [0.15, 0.2) is 60.9 Å². The quantitative estimate of drug-likeness (QED) is 0.232. The molecule has 1 saturated carbocycles. The molecule has 0 aliphatic heterocycles. The first-order valence-corrected chi connectivity index (χ1v) is 11.4. The highest BCUT2D eigenvalue weighted by Crippen LogP contribution is 2.65. The predicted octanol–water partition coefficient (Wildman–Crippen LogP) is 6.06. The maximum atomic E-state index is 12.9. The zero-order valence-corrected chi connectivity index (χ0v) is 20.3. The molecule has 33 heavy (non-hydrogen) atoms. The molecule has 1 aliphatic carbocycles. The smallest absolute Gasteiger partial charge is 0.257 e. The van der Waals surface area contributed by atoms with Crippen LogP contribution in [0.2, 0.25) is 15.1 Å². The van der Waals surface area contributed by atoms with E-state index in [2.05, 4.69) is 10.6 Å². The molecule has 6 nitrogen and oxygen atoms in total. The fourth-order valence-corrected chi connectivity index (χ4v) is 5.09. The third-order valence-corrected chi connectivity index (χ3v) is 6.82. The zero-order valence-electron chi connectivity index (χ0n) is 16.5. The standard InChI is InChI=1S/C22H14Cl5N3O3/c23-12-7-11(8-13(24)9-12)18-19(22(18,26)27)21(32)29-15-1-2-17(25)16(10-15)20(31)28-14-3-5-30(33)6-4-14/h1-10,18-19H,(H,28,31)(H,29,32)/t18-,19+/m1/s1. The zero-order chi connectivity index (χ0) is 23.9. The Labute approximate surface area is 213 Å². The molecular formula is C22H14Cl5N3O3. The van der Waals surface area contributed by atoms with Gasteiger partial charge in [-0.1, -0.05) is 34.8 Å². The van der Waals surface area contributed by atoms with Crippen molar-refractivity contribution < 1.29 is 14.3 Å². The number of alkyl halides is 2. The van der Waals surface area contributed by atoms with Crippen molar-refractivity contribution in [1.82, 2.24) is 0 Å². The Morgan fingerprint density at radius 2 is 1.52 bits per heavy atom. The van der Waals surface area contributed by atoms with Gasteiger partial charge in [0.2, 0.25) is 5.91 Å². The van der Waals surface area contributed by atoms with Crippen LogP contribution in [0.1, 0.15) is 21.8 Å². The van der Waals surface area contributed by atoms with E-state index in [1.54, 1.807) is 24.3 Å². The van der Waals surface area contributed by atoms with Crippen LogP contribution in [0.25, 0.3) is 0 Å². The van der Waals surface area contributed by atoms with Crippen molar-refractivity contribution >= 4 is 81.2 Å². The highest BCUT2D eigenvalue weighted by Gasteiger charge is 2.67. The van der Waals surface area contributed by atoms with Crippen LogP contribution < -0.4 is 15.4 Å². The molecule has 0 saturated heterocycles. The highest BCUT2D eigenvalue weighted by atomic mass is 35.5. The lowest BCUT2D eigenvalue weighted by molar-refractivity contribution is -0.605. The lowest BCUT2D eigenvalue weighted by atomic mass is 10.1. The number of aromatic nitrogens is 1. The number of anilines is 2. The molecule has 2 N–H and O–H groups in total. The van der Waals surface area contributed by atoms with E-state index < -0.39 is 28.0 Å². The van der Waals surface area contributed by atoms with Gasteiger partial charge in [-0.25, -0.2) is 0 Å². The van der Waals surface area contributed by atoms with E-state index in [0.717, 1.165) is 0 Å². The van der Waals surface area contributed by atoms with Gasteiger partial charge < -0.3 is 15.8 Å². The van der Waals surface area contributed by atoms with Gasteiger partial charge in [-0.2, -0.15) is 4.73 Å². The van der Waals surface area contributed by atoms with Crippen LogP contribution in [-0.4, -0.2) is 16.1 Å². The Kier molecular flexibility index (Phi) is 6.67. The highest BCUT2D eigenvalue weighted by molar-refractivity contribution is 6.53. The van der Waals surface area contributed by atoms with Gasteiger partial charge in [0.1, 0.15) is 4.33 Å². The van der Waals surface area contributed by atoms with Crippen molar-refractivity contribution in [3.05, 3.63) is 92.3 Å². The van der Waals surface area contributed by atoms with Gasteiger partial charge in [-0.05, 0) is 42.0 Å². The SMILES string of the molecule is O=C(Nc1cc[n+]([O-])cc1)c1cc(NC(=O)[C@@H]2[C@@H](c3cc(Cl)cc(Cl)c3)C2(Cl)Cl)ccc1Cl. The number of carbonyl (C=O) groups is 2. The van der Waals surface area contributed by atoms with Gasteiger partial charge in [-0.3, -0.25) is 9.59 Å². The summed E-state index contributed by atoms with van der Waals surface area (Å²) in [6.45, 7) is 0. The normalized spacial score (nSPS) is 18.5. The molecule has 3 aromatic rings. The molecule has 2 atom stereocenters. The van der Waals surface area contributed by atoms with E-state index in [9.17, 15) is 14.8 Å². The summed E-state index contributed by atoms with van der Waals surface area (Å²) in [6.07, 6.45) is 2.50. The van der Waals surface area contributed by atoms with Crippen molar-refractivity contribution in [2.45, 2.75) is 10.3 Å². The van der Waals surface area contributed by atoms with Gasteiger partial charge in [-0.15, -0.1) is 23.2 Å². The molecule has 1 aliphatic rings. The van der Waals surface area contributed by atoms with E-state index >= 15 is 0 Å². The fraction of sp³-hybridized carbons (Fsp3) is 0.136. The topological polar surface area (TPSA) is 85.1 Å². The lowest BCUT2D eigenvalue weighted by Crippen LogP contribution is -2.24. The number of rotatable bonds is 5. The van der Waals surface area contributed by atoms with Crippen LogP contribution in [0.5, 0.6) is 0 Å². The minimum atomic E-state index is -1.34. The number of hydrogen-bond acceptors (Lipinski definition) is 3. The van der Waals surface area contributed by atoms with Gasteiger partial charge >= 0.3 is 0 Å². The Balaban J connectivity index is 1.50. The van der Waals surface area contributed by atoms with Gasteiger partial charge in [0.25, 0.3) is 5.91 Å². The molecule has 0 unspecified atom stereocenters. The summed E-state index contributed by atoms with van der Waals surface area (Å²) >= 11 is 31.1. The molecule has 170 valence electrons. The molecule has 4 rings (SSSR count). The second-order valence-corrected chi connectivity index (χ2v) is 10.1. The van der Waals surface area contributed by atoms with E-state index in [-0.39, 0.29) is 10.6 Å². The Morgan fingerprint density at radius 1 is 0.879 bits per heavy atom. The minimum absolute atomic E-state index is 0.130. The van der Waals surface area contributed by atoms with Gasteiger partial charge in [0, 0.05) is 33.8 Å². The molecular weight excluding hydrogens is 532 g/mol. The molecule has 11 heteroatoms. The second kappa shape index (κ2) is 9.20. The maximum absolute atomic E-state index is 12.9. The lowest BCUT2D eigenvalue weighted by Gasteiger charge is -2.10. The summed E-state index contributed by atoms with van der Waals surface area (Å²) in [4.78, 5) is 25.6. The number of carbonyl (C=O) groups excluding carboxylic acids is 2. The van der Waals surface area contributed by atoms with Crippen LogP contribution in [-0.2, 0) is 4.79 Å². The molecule has 1 heterocycles. The van der Waals surface area contributed by atoms with Crippen molar-refractivity contribution in [2.75, 3.05) is 10.6 Å². The average molecular weight is 546 g/mol. The Bertz CT molecular complexity index is 1230. The number of nitrogens with one attached hydrogen (secondary N) is 2. The molecule has 2 amide bonds. The van der Waals surface area contributed by atoms with E-state index in [1.165, 1.54) is 36.7 Å². The van der Waals surface area contributed by atoms with Gasteiger partial charge in [0.05, 0.1) is 22.2 Å². The summed E-state index contributed by atoms with van der Waals surface area (Å²) in [6, 6.07) is 12.3. The third-order valence-electron chi connectivity index (χ3n) is 5.12. The first-order valence-electron chi connectivity index (χ1n) is 9.50. The number of halogens is 5. The molecule has 0 spiro atoms. The molecule has 1 fully saturated rings. The first-order chi connectivity index (χ1) is 15.6. The fourth-order valence-electron chi connectivity index (χ4n) is 3.51. The monoisotopic (exact) mass is 543 g/mol. The Hall–Kier alpha value is -2.22. The van der Waals surface area contributed by atoms with Crippen LogP contribution in [0, 0.1) is 11.1 Å². The first kappa shape index (κ1) is 23.9. The average Bonchev–Trinajstić information content (AvgIpc) is 3.32. The van der Waals surface area contributed by atoms with Crippen molar-refractivity contribution in [1.29, 1.82) is 0 Å². The summed E-state index contributed by atoms with van der Waals surface area (Å²) in [5, 5.41) is 17.5. The number of hydrogen-bond donors (Lipinski definition) is 2. The Morgan fingerprint density at radius 3 is 2.15 bits per heavy atom. The molecule has 0 bridgehead atoms. The second-order valence-electron chi connectivity index (χ2n) is 7.42.